The second-order valence-electron chi connectivity index (χ2n) is 6.64. The summed E-state index contributed by atoms with van der Waals surface area (Å²) in [6.45, 7) is 2.15. The van der Waals surface area contributed by atoms with Gasteiger partial charge >= 0.3 is 12.1 Å². The van der Waals surface area contributed by atoms with Crippen molar-refractivity contribution in [3.8, 4) is 0 Å². The number of nitrogens with two attached hydrogens (primary N) is 1. The Balaban J connectivity index is 2.48. The quantitative estimate of drug-likeness (QED) is 0.515. The molecule has 178 valence electrons. The van der Waals surface area contributed by atoms with Gasteiger partial charge in [0.1, 0.15) is 22.7 Å². The van der Waals surface area contributed by atoms with Gasteiger partial charge in [-0.15, -0.1) is 5.06 Å². The van der Waals surface area contributed by atoms with E-state index in [0.29, 0.717) is 11.1 Å². The molecule has 0 bridgehead atoms. The third kappa shape index (κ3) is 5.86. The Hall–Kier alpha value is -2.45. The minimum atomic E-state index is -5.39. The summed E-state index contributed by atoms with van der Waals surface area (Å²) in [6, 6.07) is 1.93. The molecule has 1 aliphatic rings. The van der Waals surface area contributed by atoms with Gasteiger partial charge in [-0.2, -0.15) is 13.2 Å². The van der Waals surface area contributed by atoms with Crippen LogP contribution in [-0.4, -0.2) is 53.6 Å². The lowest BCUT2D eigenvalue weighted by molar-refractivity contribution is -0.303. The van der Waals surface area contributed by atoms with Crippen LogP contribution >= 0.6 is 15.9 Å². The second kappa shape index (κ2) is 10.4. The lowest BCUT2D eigenvalue weighted by atomic mass is 10.2. The van der Waals surface area contributed by atoms with Crippen molar-refractivity contribution >= 4 is 27.8 Å². The number of hydroxylamine groups is 2. The summed E-state index contributed by atoms with van der Waals surface area (Å²) in [5.41, 5.74) is 5.20. The van der Waals surface area contributed by atoms with Gasteiger partial charge in [0.25, 0.3) is 5.91 Å². The molecule has 1 aliphatic heterocycles. The Morgan fingerprint density at radius 3 is 2.47 bits per heavy atom. The maximum absolute atomic E-state index is 13.9. The first-order valence-corrected chi connectivity index (χ1v) is 9.87. The third-order valence-corrected chi connectivity index (χ3v) is 4.66. The lowest BCUT2D eigenvalue weighted by Crippen LogP contribution is -2.59. The summed E-state index contributed by atoms with van der Waals surface area (Å²) in [7, 11) is 0. The molecule has 1 atom stereocenters. The highest BCUT2D eigenvalue weighted by Crippen LogP contribution is 2.34. The van der Waals surface area contributed by atoms with Gasteiger partial charge in [-0.1, -0.05) is 0 Å². The van der Waals surface area contributed by atoms with E-state index in [-0.39, 0.29) is 18.7 Å². The normalized spacial score (nSPS) is 17.3. The minimum absolute atomic E-state index is 0.0699. The van der Waals surface area contributed by atoms with Crippen LogP contribution in [-0.2, 0) is 30.5 Å². The molecule has 32 heavy (non-hydrogen) atoms. The van der Waals surface area contributed by atoms with E-state index in [1.54, 1.807) is 13.8 Å². The molecular formula is C18H19BrF5N3O5. The zero-order valence-corrected chi connectivity index (χ0v) is 18.4. The Bertz CT molecular complexity index is 896. The number of nitrogens with zero attached hydrogens (tertiary/aromatic N) is 2. The predicted molar refractivity (Wildman–Crippen MR) is 102 cm³/mol. The largest absolute Gasteiger partial charge is 0.493 e. The molecular weight excluding hydrogens is 513 g/mol. The zero-order chi connectivity index (χ0) is 24.2. The molecule has 0 aromatic heterocycles. The van der Waals surface area contributed by atoms with Gasteiger partial charge in [0.2, 0.25) is 12.2 Å². The Morgan fingerprint density at radius 1 is 1.28 bits per heavy atom. The van der Waals surface area contributed by atoms with Crippen LogP contribution < -0.4 is 5.73 Å². The fourth-order valence-corrected chi connectivity index (χ4v) is 3.06. The van der Waals surface area contributed by atoms with Crippen molar-refractivity contribution in [2.24, 2.45) is 5.73 Å². The molecule has 2 N–H and O–H groups in total. The van der Waals surface area contributed by atoms with Crippen molar-refractivity contribution in [1.29, 1.82) is 0 Å². The predicted octanol–water partition coefficient (Wildman–Crippen LogP) is 2.88. The average molecular weight is 532 g/mol. The van der Waals surface area contributed by atoms with Crippen LogP contribution in [0.5, 0.6) is 0 Å². The van der Waals surface area contributed by atoms with Crippen LogP contribution in [0.4, 0.5) is 22.0 Å². The van der Waals surface area contributed by atoms with Crippen molar-refractivity contribution < 1.29 is 45.9 Å². The fraction of sp³-hybridized carbons (Fsp3) is 0.444. The van der Waals surface area contributed by atoms with Crippen LogP contribution in [0.3, 0.4) is 0 Å². The van der Waals surface area contributed by atoms with Crippen molar-refractivity contribution in [2.45, 2.75) is 39.0 Å². The second-order valence-corrected chi connectivity index (χ2v) is 7.43. The fourth-order valence-electron chi connectivity index (χ4n) is 2.57. The maximum atomic E-state index is 13.9. The van der Waals surface area contributed by atoms with E-state index in [1.165, 1.54) is 0 Å². The Morgan fingerprint density at radius 2 is 1.94 bits per heavy atom. The van der Waals surface area contributed by atoms with E-state index >= 15 is 0 Å². The summed E-state index contributed by atoms with van der Waals surface area (Å²) in [5.74, 6) is -5.93. The van der Waals surface area contributed by atoms with Crippen molar-refractivity contribution in [3.63, 3.8) is 0 Å². The molecule has 2 rings (SSSR count). The molecule has 14 heteroatoms. The molecule has 1 heterocycles. The van der Waals surface area contributed by atoms with Gasteiger partial charge in [0.05, 0.1) is 6.61 Å². The van der Waals surface area contributed by atoms with E-state index in [4.69, 9.17) is 15.2 Å². The van der Waals surface area contributed by atoms with E-state index in [0.717, 1.165) is 17.0 Å². The summed E-state index contributed by atoms with van der Waals surface area (Å²) < 4.78 is 76.0. The molecule has 1 aromatic rings. The minimum Gasteiger partial charge on any atom is -0.471 e. The number of alkyl halides is 3. The van der Waals surface area contributed by atoms with Crippen LogP contribution in [0, 0.1) is 11.6 Å². The lowest BCUT2D eigenvalue weighted by Gasteiger charge is -2.43. The van der Waals surface area contributed by atoms with Crippen LogP contribution in [0.25, 0.3) is 0 Å². The SMILES string of the molecule is CC(C)N1C(=O)C(Br)=C(OCc2ccc(F)cc2F)N(OC(=O)C(F)(F)F)C1OCCN. The first kappa shape index (κ1) is 25.8. The van der Waals surface area contributed by atoms with Crippen LogP contribution in [0.15, 0.2) is 28.6 Å². The molecule has 0 saturated carbocycles. The van der Waals surface area contributed by atoms with E-state index in [1.807, 2.05) is 0 Å². The first-order chi connectivity index (χ1) is 14.9. The number of benzene rings is 1. The molecule has 0 spiro atoms. The number of ether oxygens (including phenoxy) is 2. The molecule has 8 nitrogen and oxygen atoms in total. The summed E-state index contributed by atoms with van der Waals surface area (Å²) in [5, 5.41) is 0.304. The molecule has 0 aliphatic carbocycles. The highest BCUT2D eigenvalue weighted by atomic mass is 79.9. The van der Waals surface area contributed by atoms with Gasteiger partial charge < -0.3 is 20.0 Å². The Kier molecular flexibility index (Phi) is 8.42. The molecule has 1 unspecified atom stereocenters. The summed E-state index contributed by atoms with van der Waals surface area (Å²) >= 11 is 2.92. The first-order valence-electron chi connectivity index (χ1n) is 9.07. The number of hydrogen-bond acceptors (Lipinski definition) is 7. The number of amides is 1. The average Bonchev–Trinajstić information content (AvgIpc) is 2.69. The van der Waals surface area contributed by atoms with E-state index < -0.39 is 59.1 Å². The highest BCUT2D eigenvalue weighted by Gasteiger charge is 2.49. The van der Waals surface area contributed by atoms with Crippen molar-refractivity contribution in [1.82, 2.24) is 9.96 Å². The third-order valence-electron chi connectivity index (χ3n) is 3.98. The van der Waals surface area contributed by atoms with Gasteiger partial charge in [0.15, 0.2) is 0 Å². The molecule has 1 aromatic carbocycles. The van der Waals surface area contributed by atoms with E-state index in [9.17, 15) is 31.5 Å². The Labute approximate surface area is 187 Å². The monoisotopic (exact) mass is 531 g/mol. The molecule has 0 radical (unpaired) electrons. The topological polar surface area (TPSA) is 94.3 Å². The van der Waals surface area contributed by atoms with Gasteiger partial charge in [-0.3, -0.25) is 9.69 Å². The molecule has 0 saturated heterocycles. The van der Waals surface area contributed by atoms with Crippen LogP contribution in [0.2, 0.25) is 0 Å². The molecule has 0 fully saturated rings. The standard InChI is InChI=1S/C18H19BrF5N3O5/c1-9(2)26-14(28)13(19)15(31-8-10-3-4-11(20)7-12(10)21)27(17(26)30-6-5-25)32-16(29)18(22,23)24/h3-4,7,9,17H,5-6,8,25H2,1-2H3. The summed E-state index contributed by atoms with van der Waals surface area (Å²) in [4.78, 5) is 29.8. The number of carbonyl (C=O) groups excluding carboxylic acids is 2. The number of carbonyl (C=O) groups is 2. The summed E-state index contributed by atoms with van der Waals surface area (Å²) in [6.07, 6.45) is -7.06. The van der Waals surface area contributed by atoms with Gasteiger partial charge in [0, 0.05) is 24.2 Å². The number of halogens is 6. The number of hydrogen-bond donors (Lipinski definition) is 1. The van der Waals surface area contributed by atoms with Gasteiger partial charge in [-0.25, -0.2) is 13.6 Å². The maximum Gasteiger partial charge on any atom is 0.493 e. The molecule has 1 amide bonds. The van der Waals surface area contributed by atoms with Crippen molar-refractivity contribution in [2.75, 3.05) is 13.2 Å². The van der Waals surface area contributed by atoms with E-state index in [2.05, 4.69) is 20.8 Å². The smallest absolute Gasteiger partial charge is 0.471 e. The van der Waals surface area contributed by atoms with Crippen molar-refractivity contribution in [3.05, 3.63) is 45.8 Å². The van der Waals surface area contributed by atoms with Crippen LogP contribution in [0.1, 0.15) is 19.4 Å². The van der Waals surface area contributed by atoms with Gasteiger partial charge in [-0.05, 0) is 41.9 Å². The highest BCUT2D eigenvalue weighted by molar-refractivity contribution is 9.12. The zero-order valence-electron chi connectivity index (χ0n) is 16.8. The number of rotatable bonds is 8.